The first kappa shape index (κ1) is 12.6. The smallest absolute Gasteiger partial charge is 0.111 e. The van der Waals surface area contributed by atoms with Gasteiger partial charge in [-0.15, -0.1) is 0 Å². The molecule has 5 heteroatoms. The number of aryl methyl sites for hydroxylation is 1. The summed E-state index contributed by atoms with van der Waals surface area (Å²) in [6.45, 7) is 6.16. The highest BCUT2D eigenvalue weighted by molar-refractivity contribution is 5.89. The standard InChI is InChI=1S/C15H17N5/c1-9(2)20-15-11(16)7-12(19-13(15)8-18-20)14-10(3)5-4-6-17-14/h4-9H,1-3H3,(H2,16,19). The third kappa shape index (κ3) is 1.91. The van der Waals surface area contributed by atoms with Gasteiger partial charge in [0.15, 0.2) is 0 Å². The molecule has 0 radical (unpaired) electrons. The van der Waals surface area contributed by atoms with Crippen molar-refractivity contribution in [1.29, 1.82) is 0 Å². The van der Waals surface area contributed by atoms with E-state index in [0.717, 1.165) is 28.0 Å². The molecule has 102 valence electrons. The molecule has 3 rings (SSSR count). The van der Waals surface area contributed by atoms with Gasteiger partial charge in [-0.1, -0.05) is 6.07 Å². The summed E-state index contributed by atoms with van der Waals surface area (Å²) in [5.41, 5.74) is 11.3. The van der Waals surface area contributed by atoms with Crippen LogP contribution in [0.4, 0.5) is 5.69 Å². The lowest BCUT2D eigenvalue weighted by Crippen LogP contribution is -2.04. The number of pyridine rings is 2. The summed E-state index contributed by atoms with van der Waals surface area (Å²) >= 11 is 0. The van der Waals surface area contributed by atoms with Gasteiger partial charge in [0.2, 0.25) is 0 Å². The predicted octanol–water partition coefficient (Wildman–Crippen LogP) is 2.96. The zero-order valence-electron chi connectivity index (χ0n) is 11.8. The van der Waals surface area contributed by atoms with Gasteiger partial charge in [-0.2, -0.15) is 5.10 Å². The van der Waals surface area contributed by atoms with E-state index < -0.39 is 0 Å². The van der Waals surface area contributed by atoms with E-state index in [1.54, 1.807) is 12.4 Å². The summed E-state index contributed by atoms with van der Waals surface area (Å²) in [6, 6.07) is 6.05. The second kappa shape index (κ2) is 4.59. The van der Waals surface area contributed by atoms with Crippen LogP contribution in [0.5, 0.6) is 0 Å². The summed E-state index contributed by atoms with van der Waals surface area (Å²) in [4.78, 5) is 9.04. The molecule has 3 aromatic heterocycles. The fourth-order valence-electron chi connectivity index (χ4n) is 2.36. The zero-order chi connectivity index (χ0) is 14.3. The highest BCUT2D eigenvalue weighted by Crippen LogP contribution is 2.28. The lowest BCUT2D eigenvalue weighted by Gasteiger charge is -2.10. The number of rotatable bonds is 2. The third-order valence-corrected chi connectivity index (χ3v) is 3.32. The summed E-state index contributed by atoms with van der Waals surface area (Å²) in [5, 5.41) is 4.37. The van der Waals surface area contributed by atoms with Gasteiger partial charge < -0.3 is 5.73 Å². The van der Waals surface area contributed by atoms with Gasteiger partial charge in [-0.3, -0.25) is 9.67 Å². The van der Waals surface area contributed by atoms with Crippen molar-refractivity contribution in [2.24, 2.45) is 0 Å². The molecule has 0 saturated carbocycles. The van der Waals surface area contributed by atoms with Crippen LogP contribution in [-0.4, -0.2) is 19.7 Å². The number of fused-ring (bicyclic) bond motifs is 1. The van der Waals surface area contributed by atoms with E-state index in [1.807, 2.05) is 29.8 Å². The van der Waals surface area contributed by atoms with Crippen LogP contribution in [0.1, 0.15) is 25.5 Å². The van der Waals surface area contributed by atoms with Crippen molar-refractivity contribution in [3.8, 4) is 11.4 Å². The van der Waals surface area contributed by atoms with Gasteiger partial charge in [-0.05, 0) is 38.5 Å². The van der Waals surface area contributed by atoms with Crippen LogP contribution in [0.3, 0.4) is 0 Å². The molecule has 5 nitrogen and oxygen atoms in total. The average Bonchev–Trinajstić information content (AvgIpc) is 2.83. The molecule has 0 saturated heterocycles. The Morgan fingerprint density at radius 3 is 2.80 bits per heavy atom. The Kier molecular flexibility index (Phi) is 2.89. The van der Waals surface area contributed by atoms with Gasteiger partial charge >= 0.3 is 0 Å². The maximum atomic E-state index is 6.20. The van der Waals surface area contributed by atoms with Crippen LogP contribution in [0, 0.1) is 6.92 Å². The first-order chi connectivity index (χ1) is 9.58. The Labute approximate surface area is 117 Å². The van der Waals surface area contributed by atoms with Gasteiger partial charge in [0, 0.05) is 12.2 Å². The van der Waals surface area contributed by atoms with E-state index in [2.05, 4.69) is 28.9 Å². The normalized spacial score (nSPS) is 11.4. The largest absolute Gasteiger partial charge is 0.397 e. The molecule has 0 fully saturated rings. The molecule has 0 spiro atoms. The minimum absolute atomic E-state index is 0.249. The van der Waals surface area contributed by atoms with E-state index in [9.17, 15) is 0 Å². The maximum absolute atomic E-state index is 6.20. The third-order valence-electron chi connectivity index (χ3n) is 3.32. The average molecular weight is 267 g/mol. The van der Waals surface area contributed by atoms with Crippen LogP contribution >= 0.6 is 0 Å². The van der Waals surface area contributed by atoms with Gasteiger partial charge in [0.05, 0.1) is 23.3 Å². The highest BCUT2D eigenvalue weighted by atomic mass is 15.3. The lowest BCUT2D eigenvalue weighted by atomic mass is 10.1. The Morgan fingerprint density at radius 2 is 2.10 bits per heavy atom. The molecule has 0 unspecified atom stereocenters. The molecule has 20 heavy (non-hydrogen) atoms. The van der Waals surface area contributed by atoms with Crippen molar-refractivity contribution in [2.75, 3.05) is 5.73 Å². The monoisotopic (exact) mass is 267 g/mol. The zero-order valence-corrected chi connectivity index (χ0v) is 11.8. The topological polar surface area (TPSA) is 69.6 Å². The molecular weight excluding hydrogens is 250 g/mol. The summed E-state index contributed by atoms with van der Waals surface area (Å²) in [6.07, 6.45) is 3.52. The number of hydrogen-bond acceptors (Lipinski definition) is 4. The highest BCUT2D eigenvalue weighted by Gasteiger charge is 2.14. The van der Waals surface area contributed by atoms with Crippen molar-refractivity contribution in [3.05, 3.63) is 36.2 Å². The van der Waals surface area contributed by atoms with Crippen molar-refractivity contribution < 1.29 is 0 Å². The predicted molar refractivity (Wildman–Crippen MR) is 80.3 cm³/mol. The molecular formula is C15H17N5. The summed E-state index contributed by atoms with van der Waals surface area (Å²) in [5.74, 6) is 0. The second-order valence-electron chi connectivity index (χ2n) is 5.18. The molecule has 0 aromatic carbocycles. The van der Waals surface area contributed by atoms with Crippen molar-refractivity contribution in [1.82, 2.24) is 19.7 Å². The first-order valence-electron chi connectivity index (χ1n) is 6.63. The van der Waals surface area contributed by atoms with Crippen LogP contribution < -0.4 is 5.73 Å². The Bertz CT molecular complexity index is 773. The number of aromatic nitrogens is 4. The van der Waals surface area contributed by atoms with Crippen LogP contribution in [-0.2, 0) is 0 Å². The number of anilines is 1. The van der Waals surface area contributed by atoms with E-state index >= 15 is 0 Å². The summed E-state index contributed by atoms with van der Waals surface area (Å²) in [7, 11) is 0. The van der Waals surface area contributed by atoms with Crippen molar-refractivity contribution in [3.63, 3.8) is 0 Å². The molecule has 0 aliphatic heterocycles. The Balaban J connectivity index is 2.24. The fraction of sp³-hybridized carbons (Fsp3) is 0.267. The van der Waals surface area contributed by atoms with E-state index in [-0.39, 0.29) is 6.04 Å². The molecule has 2 N–H and O–H groups in total. The SMILES string of the molecule is Cc1cccnc1-c1cc(N)c2c(cnn2C(C)C)n1. The van der Waals surface area contributed by atoms with Crippen LogP contribution in [0.15, 0.2) is 30.6 Å². The number of hydrogen-bond donors (Lipinski definition) is 1. The molecule has 0 atom stereocenters. The van der Waals surface area contributed by atoms with Crippen LogP contribution in [0.25, 0.3) is 22.4 Å². The van der Waals surface area contributed by atoms with Crippen LogP contribution in [0.2, 0.25) is 0 Å². The molecule has 0 bridgehead atoms. The van der Waals surface area contributed by atoms with E-state index in [0.29, 0.717) is 5.69 Å². The summed E-state index contributed by atoms with van der Waals surface area (Å²) < 4.78 is 1.90. The van der Waals surface area contributed by atoms with Crippen molar-refractivity contribution in [2.45, 2.75) is 26.8 Å². The maximum Gasteiger partial charge on any atom is 0.111 e. The minimum Gasteiger partial charge on any atom is -0.397 e. The number of nitrogens with two attached hydrogens (primary N) is 1. The quantitative estimate of drug-likeness (QED) is 0.775. The van der Waals surface area contributed by atoms with Gasteiger partial charge in [0.25, 0.3) is 0 Å². The fourth-order valence-corrected chi connectivity index (χ4v) is 2.36. The molecule has 0 amide bonds. The van der Waals surface area contributed by atoms with Gasteiger partial charge in [-0.25, -0.2) is 4.98 Å². The Hall–Kier alpha value is -2.43. The number of nitrogens with zero attached hydrogens (tertiary/aromatic N) is 4. The minimum atomic E-state index is 0.249. The first-order valence-corrected chi connectivity index (χ1v) is 6.63. The molecule has 0 aliphatic rings. The lowest BCUT2D eigenvalue weighted by molar-refractivity contribution is 0.551. The molecule has 3 aromatic rings. The molecule has 0 aliphatic carbocycles. The number of nitrogen functional groups attached to an aromatic ring is 1. The second-order valence-corrected chi connectivity index (χ2v) is 5.18. The molecule has 3 heterocycles. The van der Waals surface area contributed by atoms with E-state index in [4.69, 9.17) is 5.73 Å². The van der Waals surface area contributed by atoms with Gasteiger partial charge in [0.1, 0.15) is 11.0 Å². The Morgan fingerprint density at radius 1 is 1.30 bits per heavy atom. The van der Waals surface area contributed by atoms with Crippen molar-refractivity contribution >= 4 is 16.7 Å². The van der Waals surface area contributed by atoms with E-state index in [1.165, 1.54) is 0 Å².